The van der Waals surface area contributed by atoms with E-state index in [4.69, 9.17) is 0 Å². The van der Waals surface area contributed by atoms with E-state index in [9.17, 15) is 0 Å². The van der Waals surface area contributed by atoms with E-state index >= 15 is 0 Å². The Morgan fingerprint density at radius 1 is 1.18 bits per heavy atom. The van der Waals surface area contributed by atoms with Crippen molar-refractivity contribution in [2.45, 2.75) is 51.5 Å². The predicted molar refractivity (Wildman–Crippen MR) is 94.9 cm³/mol. The van der Waals surface area contributed by atoms with E-state index in [2.05, 4.69) is 48.1 Å². The van der Waals surface area contributed by atoms with Crippen molar-refractivity contribution in [1.29, 1.82) is 0 Å². The fourth-order valence-electron chi connectivity index (χ4n) is 3.56. The summed E-state index contributed by atoms with van der Waals surface area (Å²) in [5.74, 6) is 0.999. The van der Waals surface area contributed by atoms with Crippen molar-refractivity contribution >= 4 is 27.4 Å². The van der Waals surface area contributed by atoms with E-state index in [1.165, 1.54) is 47.9 Å². The van der Waals surface area contributed by atoms with Gasteiger partial charge in [0, 0.05) is 17.0 Å². The van der Waals surface area contributed by atoms with E-state index in [0.717, 1.165) is 17.2 Å². The van der Waals surface area contributed by atoms with Gasteiger partial charge in [-0.1, -0.05) is 19.3 Å². The first-order valence-corrected chi connectivity index (χ1v) is 8.97. The van der Waals surface area contributed by atoms with E-state index in [1.54, 1.807) is 17.7 Å². The molecule has 1 aliphatic rings. The highest BCUT2D eigenvalue weighted by molar-refractivity contribution is 7.18. The number of hydrogen-bond acceptors (Lipinski definition) is 5. The SMILES string of the molecule is Cc1sc2ncnc(NCC3(N(C)C)CCCCC3)c2c1C. The van der Waals surface area contributed by atoms with Crippen LogP contribution in [-0.4, -0.2) is 41.0 Å². The Balaban J connectivity index is 1.87. The number of aryl methyl sites for hydroxylation is 2. The van der Waals surface area contributed by atoms with Crippen LogP contribution in [0.4, 0.5) is 5.82 Å². The molecule has 22 heavy (non-hydrogen) atoms. The molecule has 0 bridgehead atoms. The number of nitrogens with one attached hydrogen (secondary N) is 1. The molecule has 2 aromatic rings. The number of likely N-dealkylation sites (N-methyl/N-ethyl adjacent to an activating group) is 1. The molecule has 5 heteroatoms. The Bertz CT molecular complexity index is 656. The fraction of sp³-hybridized carbons (Fsp3) is 0.647. The molecule has 1 saturated carbocycles. The number of thiophene rings is 1. The Labute approximate surface area is 137 Å². The molecule has 0 radical (unpaired) electrons. The Hall–Kier alpha value is -1.20. The minimum absolute atomic E-state index is 0.258. The summed E-state index contributed by atoms with van der Waals surface area (Å²) in [7, 11) is 4.42. The lowest BCUT2D eigenvalue weighted by Gasteiger charge is -2.43. The molecular weight excluding hydrogens is 292 g/mol. The summed E-state index contributed by atoms with van der Waals surface area (Å²) in [6, 6.07) is 0. The largest absolute Gasteiger partial charge is 0.368 e. The van der Waals surface area contributed by atoms with Gasteiger partial charge in [-0.3, -0.25) is 0 Å². The maximum atomic E-state index is 4.52. The lowest BCUT2D eigenvalue weighted by atomic mass is 9.80. The number of rotatable bonds is 4. The molecule has 2 aromatic heterocycles. The predicted octanol–water partition coefficient (Wildman–Crippen LogP) is 3.98. The first-order valence-electron chi connectivity index (χ1n) is 8.15. The van der Waals surface area contributed by atoms with Crippen molar-refractivity contribution < 1.29 is 0 Å². The van der Waals surface area contributed by atoms with Crippen LogP contribution < -0.4 is 5.32 Å². The highest BCUT2D eigenvalue weighted by Gasteiger charge is 2.34. The summed E-state index contributed by atoms with van der Waals surface area (Å²) < 4.78 is 0. The zero-order valence-corrected chi connectivity index (χ0v) is 14.9. The fourth-order valence-corrected chi connectivity index (χ4v) is 4.55. The van der Waals surface area contributed by atoms with Gasteiger partial charge in [0.25, 0.3) is 0 Å². The van der Waals surface area contributed by atoms with Crippen LogP contribution in [0.25, 0.3) is 10.2 Å². The maximum Gasteiger partial charge on any atom is 0.138 e. The number of hydrogen-bond donors (Lipinski definition) is 1. The van der Waals surface area contributed by atoms with Crippen molar-refractivity contribution in [2.24, 2.45) is 0 Å². The number of fused-ring (bicyclic) bond motifs is 1. The molecule has 0 aromatic carbocycles. The van der Waals surface area contributed by atoms with Crippen LogP contribution in [0, 0.1) is 13.8 Å². The van der Waals surface area contributed by atoms with Gasteiger partial charge in [0.2, 0.25) is 0 Å². The number of nitrogens with zero attached hydrogens (tertiary/aromatic N) is 3. The van der Waals surface area contributed by atoms with Gasteiger partial charge in [-0.05, 0) is 46.3 Å². The maximum absolute atomic E-state index is 4.52. The molecule has 0 atom stereocenters. The second-order valence-electron chi connectivity index (χ2n) is 6.72. The average molecular weight is 318 g/mol. The molecule has 1 N–H and O–H groups in total. The minimum Gasteiger partial charge on any atom is -0.368 e. The minimum atomic E-state index is 0.258. The number of aromatic nitrogens is 2. The van der Waals surface area contributed by atoms with Gasteiger partial charge in [0.1, 0.15) is 17.0 Å². The first-order chi connectivity index (χ1) is 10.5. The van der Waals surface area contributed by atoms with Crippen LogP contribution in [-0.2, 0) is 0 Å². The number of anilines is 1. The lowest BCUT2D eigenvalue weighted by molar-refractivity contribution is 0.113. The summed E-state index contributed by atoms with van der Waals surface area (Å²) in [6.07, 6.45) is 8.25. The van der Waals surface area contributed by atoms with Crippen LogP contribution in [0.3, 0.4) is 0 Å². The molecule has 0 aliphatic heterocycles. The van der Waals surface area contributed by atoms with E-state index < -0.39 is 0 Å². The van der Waals surface area contributed by atoms with Gasteiger partial charge in [0.05, 0.1) is 5.39 Å². The van der Waals surface area contributed by atoms with E-state index in [0.29, 0.717) is 0 Å². The van der Waals surface area contributed by atoms with Gasteiger partial charge >= 0.3 is 0 Å². The van der Waals surface area contributed by atoms with Gasteiger partial charge < -0.3 is 10.2 Å². The van der Waals surface area contributed by atoms with Crippen LogP contribution >= 0.6 is 11.3 Å². The molecule has 4 nitrogen and oxygen atoms in total. The van der Waals surface area contributed by atoms with Crippen LogP contribution in [0.1, 0.15) is 42.5 Å². The third kappa shape index (κ3) is 2.72. The van der Waals surface area contributed by atoms with Gasteiger partial charge in [0.15, 0.2) is 0 Å². The Kier molecular flexibility index (Phi) is 4.37. The summed E-state index contributed by atoms with van der Waals surface area (Å²) >= 11 is 1.76. The van der Waals surface area contributed by atoms with Crippen molar-refractivity contribution in [2.75, 3.05) is 26.0 Å². The summed E-state index contributed by atoms with van der Waals surface area (Å²) in [4.78, 5) is 13.8. The van der Waals surface area contributed by atoms with Crippen LogP contribution in [0.2, 0.25) is 0 Å². The Morgan fingerprint density at radius 2 is 1.91 bits per heavy atom. The molecule has 0 spiro atoms. The van der Waals surface area contributed by atoms with Gasteiger partial charge in [-0.25, -0.2) is 9.97 Å². The summed E-state index contributed by atoms with van der Waals surface area (Å²) in [6.45, 7) is 5.29. The smallest absolute Gasteiger partial charge is 0.138 e. The van der Waals surface area contributed by atoms with E-state index in [-0.39, 0.29) is 5.54 Å². The molecule has 0 saturated heterocycles. The van der Waals surface area contributed by atoms with Crippen molar-refractivity contribution in [3.8, 4) is 0 Å². The van der Waals surface area contributed by atoms with Crippen LogP contribution in [0.5, 0.6) is 0 Å². The summed E-state index contributed by atoms with van der Waals surface area (Å²) in [5.41, 5.74) is 1.57. The quantitative estimate of drug-likeness (QED) is 0.925. The second kappa shape index (κ2) is 6.13. The molecular formula is C17H26N4S. The van der Waals surface area contributed by atoms with Gasteiger partial charge in [-0.2, -0.15) is 0 Å². The zero-order chi connectivity index (χ0) is 15.7. The highest BCUT2D eigenvalue weighted by atomic mass is 32.1. The van der Waals surface area contributed by atoms with Crippen LogP contribution in [0.15, 0.2) is 6.33 Å². The van der Waals surface area contributed by atoms with Gasteiger partial charge in [-0.15, -0.1) is 11.3 Å². The third-order valence-corrected chi connectivity index (χ3v) is 6.40. The molecule has 0 amide bonds. The normalized spacial score (nSPS) is 18.0. The molecule has 1 fully saturated rings. The first kappa shape index (κ1) is 15.7. The van der Waals surface area contributed by atoms with Crippen molar-refractivity contribution in [3.63, 3.8) is 0 Å². The Morgan fingerprint density at radius 3 is 2.59 bits per heavy atom. The standard InChI is InChI=1S/C17H26N4S/c1-12-13(2)22-16-14(12)15(19-11-20-16)18-10-17(21(3)4)8-6-5-7-9-17/h11H,5-10H2,1-4H3,(H,18,19,20). The highest BCUT2D eigenvalue weighted by Crippen LogP contribution is 2.35. The zero-order valence-electron chi connectivity index (χ0n) is 14.1. The molecule has 1 aliphatic carbocycles. The summed E-state index contributed by atoms with van der Waals surface area (Å²) in [5, 5.41) is 4.85. The molecule has 2 heterocycles. The lowest BCUT2D eigenvalue weighted by Crippen LogP contribution is -2.51. The molecule has 0 unspecified atom stereocenters. The third-order valence-electron chi connectivity index (χ3n) is 5.28. The van der Waals surface area contributed by atoms with Crippen molar-refractivity contribution in [1.82, 2.24) is 14.9 Å². The topological polar surface area (TPSA) is 41.1 Å². The molecule has 120 valence electrons. The monoisotopic (exact) mass is 318 g/mol. The van der Waals surface area contributed by atoms with E-state index in [1.807, 2.05) is 0 Å². The second-order valence-corrected chi connectivity index (χ2v) is 7.92. The molecule has 3 rings (SSSR count). The van der Waals surface area contributed by atoms with Crippen molar-refractivity contribution in [3.05, 3.63) is 16.8 Å². The average Bonchev–Trinajstić information content (AvgIpc) is 2.81.